The van der Waals surface area contributed by atoms with Crippen LogP contribution in [0.3, 0.4) is 0 Å². The first-order valence-electron chi connectivity index (χ1n) is 6.86. The lowest BCUT2D eigenvalue weighted by atomic mass is 10.0. The maximum Gasteiger partial charge on any atom is 0.416 e. The third-order valence-electron chi connectivity index (χ3n) is 3.41. The van der Waals surface area contributed by atoms with Crippen molar-refractivity contribution in [2.75, 3.05) is 0 Å². The van der Waals surface area contributed by atoms with Crippen molar-refractivity contribution in [2.45, 2.75) is 31.5 Å². The van der Waals surface area contributed by atoms with Gasteiger partial charge in [0, 0.05) is 0 Å². The Morgan fingerprint density at radius 3 is 2.10 bits per heavy atom. The van der Waals surface area contributed by atoms with E-state index >= 15 is 0 Å². The second-order valence-electron chi connectivity index (χ2n) is 5.01. The molecule has 1 nitrogen and oxygen atoms in total. The van der Waals surface area contributed by atoms with Crippen LogP contribution in [0.1, 0.15) is 35.6 Å². The van der Waals surface area contributed by atoms with Crippen molar-refractivity contribution < 1.29 is 18.3 Å². The molecule has 0 aromatic heterocycles. The van der Waals surface area contributed by atoms with E-state index < -0.39 is 17.8 Å². The van der Waals surface area contributed by atoms with Crippen molar-refractivity contribution in [3.05, 3.63) is 71.3 Å². The highest BCUT2D eigenvalue weighted by atomic mass is 19.4. The molecule has 0 aliphatic heterocycles. The van der Waals surface area contributed by atoms with Gasteiger partial charge in [-0.25, -0.2) is 0 Å². The van der Waals surface area contributed by atoms with Crippen molar-refractivity contribution in [3.8, 4) is 0 Å². The summed E-state index contributed by atoms with van der Waals surface area (Å²) in [5, 5.41) is 10.0. The highest BCUT2D eigenvalue weighted by Crippen LogP contribution is 2.30. The minimum absolute atomic E-state index is 0.524. The first kappa shape index (κ1) is 15.6. The maximum atomic E-state index is 12.4. The van der Waals surface area contributed by atoms with Gasteiger partial charge in [-0.05, 0) is 42.5 Å². The molecule has 1 unspecified atom stereocenters. The Labute approximate surface area is 122 Å². The number of aliphatic hydroxyl groups is 1. The molecule has 1 N–H and O–H groups in total. The van der Waals surface area contributed by atoms with Gasteiger partial charge in [0.2, 0.25) is 0 Å². The van der Waals surface area contributed by atoms with Crippen LogP contribution in [0.4, 0.5) is 13.2 Å². The summed E-state index contributed by atoms with van der Waals surface area (Å²) in [7, 11) is 0. The van der Waals surface area contributed by atoms with E-state index in [1.54, 1.807) is 0 Å². The van der Waals surface area contributed by atoms with E-state index in [1.807, 2.05) is 30.3 Å². The van der Waals surface area contributed by atoms with Crippen LogP contribution in [0.25, 0.3) is 0 Å². The molecule has 0 aliphatic carbocycles. The topological polar surface area (TPSA) is 20.2 Å². The fourth-order valence-electron chi connectivity index (χ4n) is 2.21. The van der Waals surface area contributed by atoms with Crippen LogP contribution < -0.4 is 0 Å². The molecule has 0 fully saturated rings. The molecule has 112 valence electrons. The molecule has 0 spiro atoms. The predicted molar refractivity (Wildman–Crippen MR) is 75.8 cm³/mol. The Hall–Kier alpha value is -1.81. The molecule has 4 heteroatoms. The molecule has 2 aromatic rings. The number of aliphatic hydroxyl groups excluding tert-OH is 1. The summed E-state index contributed by atoms with van der Waals surface area (Å²) >= 11 is 0. The van der Waals surface area contributed by atoms with Gasteiger partial charge in [0.15, 0.2) is 0 Å². The van der Waals surface area contributed by atoms with Gasteiger partial charge in [0.05, 0.1) is 11.7 Å². The van der Waals surface area contributed by atoms with Gasteiger partial charge in [-0.1, -0.05) is 42.5 Å². The Bertz CT molecular complexity index is 546. The van der Waals surface area contributed by atoms with E-state index in [4.69, 9.17) is 0 Å². The van der Waals surface area contributed by atoms with E-state index in [0.29, 0.717) is 12.0 Å². The summed E-state index contributed by atoms with van der Waals surface area (Å²) in [6.45, 7) is 0. The van der Waals surface area contributed by atoms with E-state index in [0.717, 1.165) is 25.0 Å². The minimum atomic E-state index is -4.34. The number of hydrogen-bond donors (Lipinski definition) is 1. The molecule has 2 aromatic carbocycles. The Balaban J connectivity index is 1.87. The van der Waals surface area contributed by atoms with Gasteiger partial charge >= 0.3 is 6.18 Å². The average molecular weight is 294 g/mol. The Kier molecular flexibility index (Phi) is 5.02. The zero-order valence-electron chi connectivity index (χ0n) is 11.5. The zero-order valence-corrected chi connectivity index (χ0v) is 11.5. The highest BCUT2D eigenvalue weighted by Gasteiger charge is 2.30. The first-order chi connectivity index (χ1) is 9.97. The molecule has 1 atom stereocenters. The standard InChI is InChI=1S/C17H17F3O/c18-17(19,20)15-11-9-14(10-12-15)16(21)8-4-7-13-5-2-1-3-6-13/h1-3,5-6,9-12,16,21H,4,7-8H2. The van der Waals surface area contributed by atoms with Gasteiger partial charge in [-0.2, -0.15) is 13.2 Å². The lowest BCUT2D eigenvalue weighted by Gasteiger charge is -2.12. The smallest absolute Gasteiger partial charge is 0.388 e. The summed E-state index contributed by atoms with van der Waals surface area (Å²) in [4.78, 5) is 0. The molecular weight excluding hydrogens is 277 g/mol. The van der Waals surface area contributed by atoms with E-state index in [-0.39, 0.29) is 0 Å². The van der Waals surface area contributed by atoms with Gasteiger partial charge in [0.1, 0.15) is 0 Å². The lowest BCUT2D eigenvalue weighted by Crippen LogP contribution is -2.05. The average Bonchev–Trinajstić information content (AvgIpc) is 2.47. The quantitative estimate of drug-likeness (QED) is 0.842. The van der Waals surface area contributed by atoms with Crippen molar-refractivity contribution in [2.24, 2.45) is 0 Å². The molecule has 0 heterocycles. The summed E-state index contributed by atoms with van der Waals surface area (Å²) in [6, 6.07) is 14.6. The van der Waals surface area contributed by atoms with Crippen molar-refractivity contribution in [3.63, 3.8) is 0 Å². The highest BCUT2D eigenvalue weighted by molar-refractivity contribution is 5.26. The van der Waals surface area contributed by atoms with Crippen LogP contribution in [-0.4, -0.2) is 5.11 Å². The molecule has 0 saturated carbocycles. The molecule has 0 radical (unpaired) electrons. The van der Waals surface area contributed by atoms with E-state index in [2.05, 4.69) is 0 Å². The van der Waals surface area contributed by atoms with Gasteiger partial charge < -0.3 is 5.11 Å². The third kappa shape index (κ3) is 4.60. The minimum Gasteiger partial charge on any atom is -0.388 e. The molecular formula is C17H17F3O. The van der Waals surface area contributed by atoms with Gasteiger partial charge in [-0.3, -0.25) is 0 Å². The molecule has 0 saturated heterocycles. The van der Waals surface area contributed by atoms with Gasteiger partial charge in [0.25, 0.3) is 0 Å². The van der Waals surface area contributed by atoms with Gasteiger partial charge in [-0.15, -0.1) is 0 Å². The number of aryl methyl sites for hydroxylation is 1. The summed E-state index contributed by atoms with van der Waals surface area (Å²) in [5.74, 6) is 0. The van der Waals surface area contributed by atoms with E-state index in [1.165, 1.54) is 17.7 Å². The fraction of sp³-hybridized carbons (Fsp3) is 0.294. The monoisotopic (exact) mass is 294 g/mol. The van der Waals surface area contributed by atoms with Crippen LogP contribution in [0.2, 0.25) is 0 Å². The van der Waals surface area contributed by atoms with Crippen LogP contribution in [0.15, 0.2) is 54.6 Å². The third-order valence-corrected chi connectivity index (χ3v) is 3.41. The van der Waals surface area contributed by atoms with Crippen LogP contribution in [0, 0.1) is 0 Å². The SMILES string of the molecule is OC(CCCc1ccccc1)c1ccc(C(F)(F)F)cc1. The molecule has 21 heavy (non-hydrogen) atoms. The lowest BCUT2D eigenvalue weighted by molar-refractivity contribution is -0.137. The summed E-state index contributed by atoms with van der Waals surface area (Å²) < 4.78 is 37.3. The Morgan fingerprint density at radius 1 is 0.905 bits per heavy atom. The Morgan fingerprint density at radius 2 is 1.52 bits per heavy atom. The summed E-state index contributed by atoms with van der Waals surface area (Å²) in [5.41, 5.74) is 1.02. The largest absolute Gasteiger partial charge is 0.416 e. The van der Waals surface area contributed by atoms with Crippen LogP contribution in [0.5, 0.6) is 0 Å². The van der Waals surface area contributed by atoms with E-state index in [9.17, 15) is 18.3 Å². The van der Waals surface area contributed by atoms with Crippen molar-refractivity contribution >= 4 is 0 Å². The molecule has 0 bridgehead atoms. The second-order valence-corrected chi connectivity index (χ2v) is 5.01. The maximum absolute atomic E-state index is 12.4. The predicted octanol–water partition coefficient (Wildman–Crippen LogP) is 4.76. The molecule has 0 amide bonds. The number of rotatable bonds is 5. The number of halogens is 3. The first-order valence-corrected chi connectivity index (χ1v) is 6.86. The number of hydrogen-bond acceptors (Lipinski definition) is 1. The molecule has 0 aliphatic rings. The fourth-order valence-corrected chi connectivity index (χ4v) is 2.21. The summed E-state index contributed by atoms with van der Waals surface area (Å²) in [6.07, 6.45) is -2.90. The number of alkyl halides is 3. The van der Waals surface area contributed by atoms with Crippen LogP contribution in [-0.2, 0) is 12.6 Å². The normalized spacial score (nSPS) is 13.1. The zero-order chi connectivity index (χ0) is 15.3. The van der Waals surface area contributed by atoms with Crippen molar-refractivity contribution in [1.29, 1.82) is 0 Å². The second kappa shape index (κ2) is 6.76. The van der Waals surface area contributed by atoms with Crippen LogP contribution >= 0.6 is 0 Å². The number of benzene rings is 2. The molecule has 2 rings (SSSR count). The van der Waals surface area contributed by atoms with Crippen molar-refractivity contribution in [1.82, 2.24) is 0 Å².